The Morgan fingerprint density at radius 3 is 2.56 bits per heavy atom. The van der Waals surface area contributed by atoms with Crippen LogP contribution in [0.25, 0.3) is 0 Å². The predicted molar refractivity (Wildman–Crippen MR) is 65.0 cm³/mol. The lowest BCUT2D eigenvalue weighted by atomic mass is 9.95. The zero-order chi connectivity index (χ0) is 12.0. The maximum atomic E-state index is 11.5. The van der Waals surface area contributed by atoms with Crippen molar-refractivity contribution in [3.8, 4) is 0 Å². The minimum absolute atomic E-state index is 0.117. The molecule has 0 saturated heterocycles. The molecule has 1 aliphatic rings. The van der Waals surface area contributed by atoms with Crippen LogP contribution in [-0.4, -0.2) is 18.1 Å². The number of nitrogens with two attached hydrogens (primary N) is 1. The molecular weight excluding hydrogens is 202 g/mol. The monoisotopic (exact) mass is 227 g/mol. The van der Waals surface area contributed by atoms with E-state index < -0.39 is 0 Å². The minimum atomic E-state index is -0.269. The van der Waals surface area contributed by atoms with Gasteiger partial charge in [0.15, 0.2) is 0 Å². The van der Waals surface area contributed by atoms with Gasteiger partial charge in [0.05, 0.1) is 13.0 Å². The number of hydrogen-bond acceptors (Lipinski definition) is 3. The topological polar surface area (TPSA) is 52.3 Å². The maximum Gasteiger partial charge on any atom is 0.307 e. The molecule has 0 unspecified atom stereocenters. The highest BCUT2D eigenvalue weighted by Gasteiger charge is 2.32. The largest absolute Gasteiger partial charge is 0.466 e. The van der Waals surface area contributed by atoms with Gasteiger partial charge in [0.2, 0.25) is 0 Å². The van der Waals surface area contributed by atoms with Crippen molar-refractivity contribution in [3.63, 3.8) is 0 Å². The number of esters is 1. The second kappa shape index (κ2) is 6.24. The molecule has 3 nitrogen and oxygen atoms in total. The molecule has 0 heterocycles. The molecular formula is C13H25NO2. The molecule has 3 heteroatoms. The summed E-state index contributed by atoms with van der Waals surface area (Å²) in [5.74, 6) is 0.558. The number of carbonyl (C=O) groups is 1. The fraction of sp³-hybridized carbons (Fsp3) is 0.923. The van der Waals surface area contributed by atoms with E-state index in [1.165, 1.54) is 0 Å². The van der Waals surface area contributed by atoms with E-state index in [0.717, 1.165) is 38.5 Å². The Labute approximate surface area is 98.7 Å². The highest BCUT2D eigenvalue weighted by atomic mass is 16.5. The fourth-order valence-corrected chi connectivity index (χ4v) is 2.27. The van der Waals surface area contributed by atoms with Crippen LogP contribution in [0.15, 0.2) is 0 Å². The standard InChI is InChI=1S/C13H25NO2/c1-11(2)6-5-9-16-12(15)10-13(14)7-3-4-8-13/h11H,3-10,14H2,1-2H3. The van der Waals surface area contributed by atoms with Crippen molar-refractivity contribution in [1.29, 1.82) is 0 Å². The van der Waals surface area contributed by atoms with Crippen molar-refractivity contribution in [2.75, 3.05) is 6.61 Å². The summed E-state index contributed by atoms with van der Waals surface area (Å²) in [6.07, 6.45) is 6.70. The first-order valence-electron chi connectivity index (χ1n) is 6.46. The summed E-state index contributed by atoms with van der Waals surface area (Å²) in [5.41, 5.74) is 5.84. The van der Waals surface area contributed by atoms with Crippen LogP contribution in [0, 0.1) is 5.92 Å². The number of ether oxygens (including phenoxy) is 1. The average Bonchev–Trinajstić information content (AvgIpc) is 2.59. The van der Waals surface area contributed by atoms with E-state index in [4.69, 9.17) is 10.5 Å². The van der Waals surface area contributed by atoms with E-state index in [1.54, 1.807) is 0 Å². The van der Waals surface area contributed by atoms with Crippen molar-refractivity contribution in [2.45, 2.75) is 64.3 Å². The van der Waals surface area contributed by atoms with Gasteiger partial charge in [-0.15, -0.1) is 0 Å². The summed E-state index contributed by atoms with van der Waals surface area (Å²) < 4.78 is 5.20. The number of carbonyl (C=O) groups excluding carboxylic acids is 1. The first-order valence-corrected chi connectivity index (χ1v) is 6.46. The van der Waals surface area contributed by atoms with Gasteiger partial charge < -0.3 is 10.5 Å². The first kappa shape index (κ1) is 13.5. The zero-order valence-electron chi connectivity index (χ0n) is 10.6. The second-order valence-electron chi connectivity index (χ2n) is 5.50. The van der Waals surface area contributed by atoms with Gasteiger partial charge in [-0.3, -0.25) is 4.79 Å². The van der Waals surface area contributed by atoms with E-state index in [9.17, 15) is 4.79 Å². The molecule has 1 aliphatic carbocycles. The molecule has 1 rings (SSSR count). The predicted octanol–water partition coefficient (Wildman–Crippen LogP) is 2.63. The molecule has 94 valence electrons. The normalized spacial score (nSPS) is 19.0. The van der Waals surface area contributed by atoms with Crippen LogP contribution in [0.5, 0.6) is 0 Å². The molecule has 0 aromatic rings. The van der Waals surface area contributed by atoms with Gasteiger partial charge in [-0.1, -0.05) is 26.7 Å². The molecule has 0 amide bonds. The molecule has 0 aromatic heterocycles. The molecule has 0 radical (unpaired) electrons. The summed E-state index contributed by atoms with van der Waals surface area (Å²) in [6.45, 7) is 4.90. The average molecular weight is 227 g/mol. The Morgan fingerprint density at radius 1 is 1.38 bits per heavy atom. The van der Waals surface area contributed by atoms with E-state index in [2.05, 4.69) is 13.8 Å². The Hall–Kier alpha value is -0.570. The molecule has 0 spiro atoms. The zero-order valence-corrected chi connectivity index (χ0v) is 10.6. The van der Waals surface area contributed by atoms with Crippen molar-refractivity contribution < 1.29 is 9.53 Å². The number of hydrogen-bond donors (Lipinski definition) is 1. The summed E-state index contributed by atoms with van der Waals surface area (Å²) in [6, 6.07) is 0. The van der Waals surface area contributed by atoms with Crippen molar-refractivity contribution in [2.24, 2.45) is 11.7 Å². The van der Waals surface area contributed by atoms with Gasteiger partial charge in [0, 0.05) is 5.54 Å². The SMILES string of the molecule is CC(C)CCCOC(=O)CC1(N)CCCC1. The van der Waals surface area contributed by atoms with Crippen molar-refractivity contribution in [1.82, 2.24) is 0 Å². The minimum Gasteiger partial charge on any atom is -0.466 e. The van der Waals surface area contributed by atoms with E-state index in [-0.39, 0.29) is 11.5 Å². The van der Waals surface area contributed by atoms with E-state index >= 15 is 0 Å². The second-order valence-corrected chi connectivity index (χ2v) is 5.50. The lowest BCUT2D eigenvalue weighted by Crippen LogP contribution is -2.39. The van der Waals surface area contributed by atoms with Crippen LogP contribution in [-0.2, 0) is 9.53 Å². The highest BCUT2D eigenvalue weighted by Crippen LogP contribution is 2.30. The first-order chi connectivity index (χ1) is 7.52. The van der Waals surface area contributed by atoms with Crippen LogP contribution in [0.1, 0.15) is 58.8 Å². The Kier molecular flexibility index (Phi) is 5.26. The Balaban J connectivity index is 2.11. The van der Waals surface area contributed by atoms with Crippen LogP contribution >= 0.6 is 0 Å². The molecule has 0 bridgehead atoms. The van der Waals surface area contributed by atoms with Gasteiger partial charge in [0.1, 0.15) is 0 Å². The fourth-order valence-electron chi connectivity index (χ4n) is 2.27. The molecule has 0 atom stereocenters. The Morgan fingerprint density at radius 2 is 2.00 bits per heavy atom. The highest BCUT2D eigenvalue weighted by molar-refractivity contribution is 5.70. The smallest absolute Gasteiger partial charge is 0.307 e. The molecule has 0 aliphatic heterocycles. The maximum absolute atomic E-state index is 11.5. The Bertz CT molecular complexity index is 220. The summed E-state index contributed by atoms with van der Waals surface area (Å²) in [5, 5.41) is 0. The van der Waals surface area contributed by atoms with Gasteiger partial charge >= 0.3 is 5.97 Å². The van der Waals surface area contributed by atoms with Crippen LogP contribution in [0.3, 0.4) is 0 Å². The van der Waals surface area contributed by atoms with Gasteiger partial charge in [-0.05, 0) is 31.6 Å². The van der Waals surface area contributed by atoms with E-state index in [0.29, 0.717) is 18.9 Å². The van der Waals surface area contributed by atoms with Gasteiger partial charge in [0.25, 0.3) is 0 Å². The third-order valence-corrected chi connectivity index (χ3v) is 3.28. The lowest BCUT2D eigenvalue weighted by Gasteiger charge is -2.21. The van der Waals surface area contributed by atoms with Crippen molar-refractivity contribution >= 4 is 5.97 Å². The van der Waals surface area contributed by atoms with Crippen LogP contribution in [0.4, 0.5) is 0 Å². The quantitative estimate of drug-likeness (QED) is 0.560. The number of rotatable bonds is 6. The van der Waals surface area contributed by atoms with E-state index in [1.807, 2.05) is 0 Å². The summed E-state index contributed by atoms with van der Waals surface area (Å²) in [7, 11) is 0. The molecule has 16 heavy (non-hydrogen) atoms. The summed E-state index contributed by atoms with van der Waals surface area (Å²) in [4.78, 5) is 11.5. The van der Waals surface area contributed by atoms with Gasteiger partial charge in [-0.2, -0.15) is 0 Å². The third kappa shape index (κ3) is 4.97. The van der Waals surface area contributed by atoms with Crippen molar-refractivity contribution in [3.05, 3.63) is 0 Å². The van der Waals surface area contributed by atoms with Gasteiger partial charge in [-0.25, -0.2) is 0 Å². The molecule has 1 fully saturated rings. The summed E-state index contributed by atoms with van der Waals surface area (Å²) >= 11 is 0. The van der Waals surface area contributed by atoms with Crippen LogP contribution < -0.4 is 5.73 Å². The molecule has 0 aromatic carbocycles. The third-order valence-electron chi connectivity index (χ3n) is 3.28. The molecule has 2 N–H and O–H groups in total. The van der Waals surface area contributed by atoms with Crippen LogP contribution in [0.2, 0.25) is 0 Å². The molecule has 1 saturated carbocycles. The lowest BCUT2D eigenvalue weighted by molar-refractivity contribution is -0.145.